The Labute approximate surface area is 107 Å². The predicted octanol–water partition coefficient (Wildman–Crippen LogP) is 3.47. The molecular weight excluding hydrogens is 224 g/mol. The SMILES string of the molecule is C=CC1=C(/C=C\C)c2ccccc2C1COC=O. The van der Waals surface area contributed by atoms with Gasteiger partial charge in [-0.2, -0.15) is 0 Å². The highest BCUT2D eigenvalue weighted by atomic mass is 16.5. The van der Waals surface area contributed by atoms with E-state index in [9.17, 15) is 4.79 Å². The van der Waals surface area contributed by atoms with Gasteiger partial charge in [0.05, 0.1) is 0 Å². The van der Waals surface area contributed by atoms with Gasteiger partial charge in [-0.3, -0.25) is 4.79 Å². The summed E-state index contributed by atoms with van der Waals surface area (Å²) in [6, 6.07) is 8.20. The Morgan fingerprint density at radius 1 is 1.39 bits per heavy atom. The topological polar surface area (TPSA) is 26.3 Å². The minimum Gasteiger partial charge on any atom is -0.467 e. The van der Waals surface area contributed by atoms with Crippen molar-refractivity contribution in [1.82, 2.24) is 0 Å². The minimum atomic E-state index is 0.0927. The van der Waals surface area contributed by atoms with Gasteiger partial charge in [-0.25, -0.2) is 0 Å². The van der Waals surface area contributed by atoms with Crippen LogP contribution >= 0.6 is 0 Å². The van der Waals surface area contributed by atoms with E-state index in [0.29, 0.717) is 13.1 Å². The van der Waals surface area contributed by atoms with Gasteiger partial charge in [0.2, 0.25) is 0 Å². The second-order valence-electron chi connectivity index (χ2n) is 4.14. The Bertz CT molecular complexity index is 524. The van der Waals surface area contributed by atoms with E-state index < -0.39 is 0 Å². The maximum absolute atomic E-state index is 10.4. The second kappa shape index (κ2) is 5.50. The van der Waals surface area contributed by atoms with Gasteiger partial charge in [0, 0.05) is 5.92 Å². The molecule has 0 saturated carbocycles. The number of benzene rings is 1. The maximum Gasteiger partial charge on any atom is 0.293 e. The molecule has 2 rings (SSSR count). The second-order valence-corrected chi connectivity index (χ2v) is 4.14. The first kappa shape index (κ1) is 12.4. The van der Waals surface area contributed by atoms with Gasteiger partial charge in [-0.1, -0.05) is 49.1 Å². The van der Waals surface area contributed by atoms with Crippen molar-refractivity contribution in [3.8, 4) is 0 Å². The lowest BCUT2D eigenvalue weighted by Crippen LogP contribution is -2.06. The molecule has 1 atom stereocenters. The third-order valence-electron chi connectivity index (χ3n) is 3.20. The molecule has 0 spiro atoms. The Hall–Kier alpha value is -2.09. The molecule has 0 fully saturated rings. The summed E-state index contributed by atoms with van der Waals surface area (Å²) in [4.78, 5) is 10.4. The maximum atomic E-state index is 10.4. The fraction of sp³-hybridized carbons (Fsp3) is 0.188. The van der Waals surface area contributed by atoms with Crippen LogP contribution in [0.3, 0.4) is 0 Å². The molecule has 0 aromatic heterocycles. The summed E-state index contributed by atoms with van der Waals surface area (Å²) < 4.78 is 4.95. The number of hydrogen-bond acceptors (Lipinski definition) is 2. The van der Waals surface area contributed by atoms with Gasteiger partial charge in [-0.05, 0) is 29.2 Å². The van der Waals surface area contributed by atoms with Crippen LogP contribution in [0.1, 0.15) is 24.0 Å². The highest BCUT2D eigenvalue weighted by Gasteiger charge is 2.28. The van der Waals surface area contributed by atoms with Gasteiger partial charge in [-0.15, -0.1) is 0 Å². The summed E-state index contributed by atoms with van der Waals surface area (Å²) in [5, 5.41) is 0. The van der Waals surface area contributed by atoms with Crippen molar-refractivity contribution >= 4 is 12.0 Å². The molecule has 92 valence electrons. The zero-order valence-electron chi connectivity index (χ0n) is 10.4. The molecule has 0 saturated heterocycles. The summed E-state index contributed by atoms with van der Waals surface area (Å²) >= 11 is 0. The zero-order chi connectivity index (χ0) is 13.0. The van der Waals surface area contributed by atoms with Crippen LogP contribution in [0.5, 0.6) is 0 Å². The molecule has 0 amide bonds. The van der Waals surface area contributed by atoms with Crippen LogP contribution in [-0.4, -0.2) is 13.1 Å². The van der Waals surface area contributed by atoms with Crippen LogP contribution in [0.25, 0.3) is 5.57 Å². The third kappa shape index (κ3) is 2.02. The van der Waals surface area contributed by atoms with Crippen LogP contribution in [0.15, 0.2) is 54.6 Å². The van der Waals surface area contributed by atoms with Gasteiger partial charge in [0.1, 0.15) is 6.61 Å². The van der Waals surface area contributed by atoms with Gasteiger partial charge < -0.3 is 4.74 Å². The van der Waals surface area contributed by atoms with E-state index in [1.54, 1.807) is 0 Å². The molecule has 1 aliphatic carbocycles. The van der Waals surface area contributed by atoms with E-state index in [0.717, 1.165) is 5.57 Å². The van der Waals surface area contributed by atoms with Gasteiger partial charge in [0.25, 0.3) is 6.47 Å². The molecule has 1 unspecified atom stereocenters. The van der Waals surface area contributed by atoms with E-state index in [-0.39, 0.29) is 5.92 Å². The molecule has 0 N–H and O–H groups in total. The van der Waals surface area contributed by atoms with Gasteiger partial charge in [0.15, 0.2) is 0 Å². The number of fused-ring (bicyclic) bond motifs is 1. The van der Waals surface area contributed by atoms with Crippen molar-refractivity contribution in [2.45, 2.75) is 12.8 Å². The lowest BCUT2D eigenvalue weighted by atomic mass is 9.97. The van der Waals surface area contributed by atoms with E-state index in [1.807, 2.05) is 31.2 Å². The molecule has 0 aliphatic heterocycles. The first-order valence-corrected chi connectivity index (χ1v) is 5.97. The quantitative estimate of drug-likeness (QED) is 0.737. The molecule has 0 heterocycles. The largest absolute Gasteiger partial charge is 0.467 e. The molecule has 2 nitrogen and oxygen atoms in total. The Morgan fingerprint density at radius 2 is 2.17 bits per heavy atom. The Balaban J connectivity index is 2.51. The van der Waals surface area contributed by atoms with E-state index in [4.69, 9.17) is 4.74 Å². The van der Waals surface area contributed by atoms with Crippen molar-refractivity contribution in [3.05, 3.63) is 65.8 Å². The van der Waals surface area contributed by atoms with Crippen LogP contribution < -0.4 is 0 Å². The average Bonchev–Trinajstić information content (AvgIpc) is 2.71. The first-order chi connectivity index (χ1) is 8.83. The highest BCUT2D eigenvalue weighted by Crippen LogP contribution is 2.42. The monoisotopic (exact) mass is 240 g/mol. The Morgan fingerprint density at radius 3 is 2.83 bits per heavy atom. The lowest BCUT2D eigenvalue weighted by Gasteiger charge is -2.12. The third-order valence-corrected chi connectivity index (χ3v) is 3.20. The van der Waals surface area contributed by atoms with Crippen molar-refractivity contribution in [3.63, 3.8) is 0 Å². The standard InChI is InChI=1S/C16H16O2/c1-3-7-13-12(4-2)16(10-18-11-17)15-9-6-5-8-14(13)15/h3-9,11,16H,2,10H2,1H3/b7-3-. The average molecular weight is 240 g/mol. The number of rotatable bonds is 5. The van der Waals surface area contributed by atoms with Crippen LogP contribution in [-0.2, 0) is 9.53 Å². The van der Waals surface area contributed by atoms with Crippen LogP contribution in [0, 0.1) is 0 Å². The molecular formula is C16H16O2. The first-order valence-electron chi connectivity index (χ1n) is 5.97. The smallest absolute Gasteiger partial charge is 0.293 e. The number of hydrogen-bond donors (Lipinski definition) is 0. The van der Waals surface area contributed by atoms with Crippen LogP contribution in [0.4, 0.5) is 0 Å². The summed E-state index contributed by atoms with van der Waals surface area (Å²) in [5.74, 6) is 0.0927. The number of allylic oxidation sites excluding steroid dienone is 4. The predicted molar refractivity (Wildman–Crippen MR) is 73.1 cm³/mol. The number of carbonyl (C=O) groups excluding carboxylic acids is 1. The number of carbonyl (C=O) groups is 1. The summed E-state index contributed by atoms with van der Waals surface area (Å²) in [6.45, 7) is 6.73. The lowest BCUT2D eigenvalue weighted by molar-refractivity contribution is -0.128. The van der Waals surface area contributed by atoms with Crippen molar-refractivity contribution in [2.75, 3.05) is 6.61 Å². The fourth-order valence-electron chi connectivity index (χ4n) is 2.48. The Kier molecular flexibility index (Phi) is 3.78. The highest BCUT2D eigenvalue weighted by molar-refractivity contribution is 5.86. The minimum absolute atomic E-state index is 0.0927. The molecule has 1 aliphatic rings. The summed E-state index contributed by atoms with van der Waals surface area (Å²) in [6.07, 6.45) is 5.95. The fourth-order valence-corrected chi connectivity index (χ4v) is 2.48. The molecule has 2 heteroatoms. The molecule has 18 heavy (non-hydrogen) atoms. The van der Waals surface area contributed by atoms with Crippen molar-refractivity contribution in [1.29, 1.82) is 0 Å². The van der Waals surface area contributed by atoms with Crippen molar-refractivity contribution < 1.29 is 9.53 Å². The van der Waals surface area contributed by atoms with Crippen molar-refractivity contribution in [2.24, 2.45) is 0 Å². The summed E-state index contributed by atoms with van der Waals surface area (Å²) in [5.41, 5.74) is 4.69. The van der Waals surface area contributed by atoms with Crippen LogP contribution in [0.2, 0.25) is 0 Å². The zero-order valence-corrected chi connectivity index (χ0v) is 10.4. The van der Waals surface area contributed by atoms with E-state index in [1.165, 1.54) is 16.7 Å². The molecule has 0 radical (unpaired) electrons. The molecule has 0 bridgehead atoms. The van der Waals surface area contributed by atoms with Gasteiger partial charge >= 0.3 is 0 Å². The number of ether oxygens (including phenoxy) is 1. The summed E-state index contributed by atoms with van der Waals surface area (Å²) in [7, 11) is 0. The van der Waals surface area contributed by atoms with E-state index in [2.05, 4.69) is 24.8 Å². The molecule has 1 aromatic rings. The normalized spacial score (nSPS) is 17.9. The van der Waals surface area contributed by atoms with E-state index >= 15 is 0 Å². The molecule has 1 aromatic carbocycles.